The molecule has 0 saturated carbocycles. The monoisotopic (exact) mass is 415 g/mol. The van der Waals surface area contributed by atoms with E-state index >= 15 is 0 Å². The lowest BCUT2D eigenvalue weighted by Crippen LogP contribution is -2.43. The number of carbonyl (C=O) groups is 2. The predicted octanol–water partition coefficient (Wildman–Crippen LogP) is 3.69. The smallest absolute Gasteiger partial charge is 0.258 e. The van der Waals surface area contributed by atoms with Gasteiger partial charge in [0.25, 0.3) is 5.91 Å². The van der Waals surface area contributed by atoms with Crippen molar-refractivity contribution >= 4 is 17.5 Å². The second-order valence-electron chi connectivity index (χ2n) is 7.55. The topological polar surface area (TPSA) is 75.9 Å². The summed E-state index contributed by atoms with van der Waals surface area (Å²) in [6.45, 7) is 1.10. The molecule has 0 spiro atoms. The number of anilines is 1. The van der Waals surface area contributed by atoms with Gasteiger partial charge in [-0.15, -0.1) is 0 Å². The first-order valence-electron chi connectivity index (χ1n) is 10.3. The van der Waals surface area contributed by atoms with Crippen LogP contribution in [-0.2, 0) is 4.79 Å². The number of likely N-dealkylation sites (tertiary alicyclic amines) is 1. The number of ether oxygens (including phenoxy) is 1. The highest BCUT2D eigenvalue weighted by molar-refractivity contribution is 6.08. The third-order valence-electron chi connectivity index (χ3n) is 5.26. The lowest BCUT2D eigenvalue weighted by molar-refractivity contribution is -0.128. The van der Waals surface area contributed by atoms with E-state index in [9.17, 15) is 9.59 Å². The number of rotatable bonds is 6. The van der Waals surface area contributed by atoms with Crippen LogP contribution in [0, 0.1) is 0 Å². The van der Waals surface area contributed by atoms with E-state index in [4.69, 9.17) is 10.5 Å². The van der Waals surface area contributed by atoms with E-state index in [0.29, 0.717) is 30.1 Å². The molecule has 1 saturated heterocycles. The summed E-state index contributed by atoms with van der Waals surface area (Å²) in [4.78, 5) is 29.3. The molecule has 1 fully saturated rings. The van der Waals surface area contributed by atoms with E-state index in [1.54, 1.807) is 41.3 Å². The van der Waals surface area contributed by atoms with Gasteiger partial charge in [-0.05, 0) is 55.0 Å². The number of amides is 2. The Balaban J connectivity index is 1.56. The van der Waals surface area contributed by atoms with Crippen molar-refractivity contribution in [1.29, 1.82) is 0 Å². The molecule has 0 aromatic heterocycles. The Morgan fingerprint density at radius 3 is 2.13 bits per heavy atom. The van der Waals surface area contributed by atoms with Crippen molar-refractivity contribution in [3.8, 4) is 11.5 Å². The van der Waals surface area contributed by atoms with E-state index in [1.165, 1.54) is 4.90 Å². The van der Waals surface area contributed by atoms with Gasteiger partial charge in [-0.25, -0.2) is 0 Å². The Bertz CT molecular complexity index is 1020. The van der Waals surface area contributed by atoms with Gasteiger partial charge in [0.2, 0.25) is 5.91 Å². The van der Waals surface area contributed by atoms with Gasteiger partial charge in [-0.1, -0.05) is 36.4 Å². The molecule has 2 amide bonds. The van der Waals surface area contributed by atoms with Crippen LogP contribution in [0.5, 0.6) is 11.5 Å². The van der Waals surface area contributed by atoms with E-state index in [1.807, 2.05) is 48.5 Å². The van der Waals surface area contributed by atoms with Gasteiger partial charge in [-0.3, -0.25) is 14.5 Å². The molecule has 0 bridgehead atoms. The summed E-state index contributed by atoms with van der Waals surface area (Å²) in [5, 5.41) is 0. The number of nitrogens with zero attached hydrogens (tertiary/aromatic N) is 2. The molecule has 1 unspecified atom stereocenters. The summed E-state index contributed by atoms with van der Waals surface area (Å²) in [5.41, 5.74) is 7.10. The number of hydrogen-bond donors (Lipinski definition) is 1. The molecule has 1 heterocycles. The van der Waals surface area contributed by atoms with E-state index < -0.39 is 0 Å². The van der Waals surface area contributed by atoms with E-state index in [2.05, 4.69) is 0 Å². The number of carbonyl (C=O) groups excluding carboxylic acids is 2. The molecule has 31 heavy (non-hydrogen) atoms. The maximum Gasteiger partial charge on any atom is 0.258 e. The molecule has 6 heteroatoms. The van der Waals surface area contributed by atoms with Gasteiger partial charge >= 0.3 is 0 Å². The molecule has 3 aromatic rings. The Hall–Kier alpha value is -3.64. The summed E-state index contributed by atoms with van der Waals surface area (Å²) in [6, 6.07) is 25.6. The zero-order valence-corrected chi connectivity index (χ0v) is 17.2. The summed E-state index contributed by atoms with van der Waals surface area (Å²) in [5.74, 6) is 1.04. The third kappa shape index (κ3) is 5.10. The summed E-state index contributed by atoms with van der Waals surface area (Å²) in [6.07, 6.45) is 0.782. The zero-order chi connectivity index (χ0) is 21.6. The normalized spacial score (nSPS) is 15.5. The highest BCUT2D eigenvalue weighted by Crippen LogP contribution is 2.25. The number of nitrogens with two attached hydrogens (primary N) is 1. The van der Waals surface area contributed by atoms with Crippen molar-refractivity contribution in [1.82, 2.24) is 4.90 Å². The fourth-order valence-corrected chi connectivity index (χ4v) is 3.58. The van der Waals surface area contributed by atoms with Crippen LogP contribution in [0.3, 0.4) is 0 Å². The van der Waals surface area contributed by atoms with Crippen molar-refractivity contribution in [3.05, 3.63) is 90.5 Å². The second-order valence-corrected chi connectivity index (χ2v) is 7.55. The second kappa shape index (κ2) is 9.45. The molecular weight excluding hydrogens is 390 g/mol. The fraction of sp³-hybridized carbons (Fsp3) is 0.200. The first kappa shape index (κ1) is 20.6. The van der Waals surface area contributed by atoms with E-state index in [0.717, 1.165) is 12.2 Å². The molecule has 1 aliphatic rings. The van der Waals surface area contributed by atoms with Gasteiger partial charge in [-0.2, -0.15) is 0 Å². The minimum atomic E-state index is -0.228. The van der Waals surface area contributed by atoms with Crippen molar-refractivity contribution in [2.75, 3.05) is 24.5 Å². The zero-order valence-electron chi connectivity index (χ0n) is 17.2. The van der Waals surface area contributed by atoms with Crippen molar-refractivity contribution in [2.45, 2.75) is 12.5 Å². The number of hydrogen-bond acceptors (Lipinski definition) is 4. The van der Waals surface area contributed by atoms with Crippen molar-refractivity contribution in [2.24, 2.45) is 5.73 Å². The molecule has 2 N–H and O–H groups in total. The van der Waals surface area contributed by atoms with Crippen LogP contribution >= 0.6 is 0 Å². The minimum Gasteiger partial charge on any atom is -0.457 e. The maximum absolute atomic E-state index is 13.2. The fourth-order valence-electron chi connectivity index (χ4n) is 3.58. The lowest BCUT2D eigenvalue weighted by Gasteiger charge is -2.25. The molecule has 0 aliphatic carbocycles. The Morgan fingerprint density at radius 1 is 0.903 bits per heavy atom. The van der Waals surface area contributed by atoms with Crippen LogP contribution in [0.2, 0.25) is 0 Å². The van der Waals surface area contributed by atoms with Crippen LogP contribution in [0.1, 0.15) is 16.8 Å². The molecule has 3 aromatic carbocycles. The third-order valence-corrected chi connectivity index (χ3v) is 5.26. The van der Waals surface area contributed by atoms with Crippen molar-refractivity contribution < 1.29 is 14.3 Å². The van der Waals surface area contributed by atoms with Crippen LogP contribution in [0.4, 0.5) is 5.69 Å². The first-order chi connectivity index (χ1) is 15.1. The SMILES string of the molecule is NC1CCN(C(=O)CN(C(=O)c2ccccc2)c2ccc(Oc3ccccc3)cc2)C1. The first-order valence-corrected chi connectivity index (χ1v) is 10.3. The summed E-state index contributed by atoms with van der Waals surface area (Å²) >= 11 is 0. The molecule has 1 atom stereocenters. The highest BCUT2D eigenvalue weighted by atomic mass is 16.5. The summed E-state index contributed by atoms with van der Waals surface area (Å²) in [7, 11) is 0. The summed E-state index contributed by atoms with van der Waals surface area (Å²) < 4.78 is 5.84. The quantitative estimate of drug-likeness (QED) is 0.666. The van der Waals surface area contributed by atoms with Crippen LogP contribution in [0.15, 0.2) is 84.9 Å². The predicted molar refractivity (Wildman–Crippen MR) is 120 cm³/mol. The Morgan fingerprint density at radius 2 is 1.52 bits per heavy atom. The van der Waals surface area contributed by atoms with Gasteiger partial charge < -0.3 is 15.4 Å². The maximum atomic E-state index is 13.2. The van der Waals surface area contributed by atoms with Gasteiger partial charge in [0.15, 0.2) is 0 Å². The van der Waals surface area contributed by atoms with Crippen LogP contribution in [-0.4, -0.2) is 42.4 Å². The molecule has 4 rings (SSSR count). The van der Waals surface area contributed by atoms with Crippen LogP contribution < -0.4 is 15.4 Å². The lowest BCUT2D eigenvalue weighted by atomic mass is 10.1. The Labute approximate surface area is 181 Å². The van der Waals surface area contributed by atoms with E-state index in [-0.39, 0.29) is 24.4 Å². The molecule has 158 valence electrons. The van der Waals surface area contributed by atoms with Gasteiger partial charge in [0.1, 0.15) is 18.0 Å². The van der Waals surface area contributed by atoms with Crippen LogP contribution in [0.25, 0.3) is 0 Å². The minimum absolute atomic E-state index is 0.00311. The largest absolute Gasteiger partial charge is 0.457 e. The molecule has 1 aliphatic heterocycles. The average molecular weight is 415 g/mol. The van der Waals surface area contributed by atoms with Gasteiger partial charge in [0, 0.05) is 30.4 Å². The average Bonchev–Trinajstić information content (AvgIpc) is 3.25. The number of para-hydroxylation sites is 1. The molecular formula is C25H25N3O3. The van der Waals surface area contributed by atoms with Crippen molar-refractivity contribution in [3.63, 3.8) is 0 Å². The highest BCUT2D eigenvalue weighted by Gasteiger charge is 2.27. The molecule has 6 nitrogen and oxygen atoms in total. The number of benzene rings is 3. The Kier molecular flexibility index (Phi) is 6.29. The molecule has 0 radical (unpaired) electrons. The van der Waals surface area contributed by atoms with Gasteiger partial charge in [0.05, 0.1) is 0 Å². The standard InChI is InChI=1S/C25H25N3O3/c26-20-15-16-27(17-20)24(29)18-28(25(30)19-7-3-1-4-8-19)21-11-13-23(14-12-21)31-22-9-5-2-6-10-22/h1-14,20H,15-18,26H2.